The van der Waals surface area contributed by atoms with Gasteiger partial charge in [-0.1, -0.05) is 18.2 Å². The molecule has 2 atom stereocenters. The Labute approximate surface area is 186 Å². The van der Waals surface area contributed by atoms with E-state index in [1.165, 1.54) is 24.3 Å². The van der Waals surface area contributed by atoms with Crippen LogP contribution in [0, 0.1) is 13.8 Å². The second kappa shape index (κ2) is 8.29. The molecule has 1 aliphatic rings. The molecule has 0 fully saturated rings. The SMILES string of the molecule is Cc1ccc(NS(=O)(=O)c2ccc3c(c2)[C@@H](O)C[C@H](c2ccc(C(=O)O)cc2)N3)cc1C. The van der Waals surface area contributed by atoms with E-state index in [1.54, 1.807) is 30.3 Å². The molecule has 0 amide bonds. The molecule has 0 radical (unpaired) electrons. The van der Waals surface area contributed by atoms with Gasteiger partial charge in [-0.2, -0.15) is 0 Å². The van der Waals surface area contributed by atoms with E-state index < -0.39 is 22.1 Å². The summed E-state index contributed by atoms with van der Waals surface area (Å²) in [7, 11) is -3.82. The van der Waals surface area contributed by atoms with Crippen LogP contribution in [-0.4, -0.2) is 24.6 Å². The number of carboxylic acid groups (broad SMARTS) is 1. The summed E-state index contributed by atoms with van der Waals surface area (Å²) < 4.78 is 28.4. The number of carbonyl (C=O) groups is 1. The lowest BCUT2D eigenvalue weighted by atomic mass is 9.91. The smallest absolute Gasteiger partial charge is 0.335 e. The van der Waals surface area contributed by atoms with E-state index in [0.717, 1.165) is 16.7 Å². The van der Waals surface area contributed by atoms with E-state index in [-0.39, 0.29) is 16.5 Å². The van der Waals surface area contributed by atoms with E-state index in [0.29, 0.717) is 23.4 Å². The maximum Gasteiger partial charge on any atom is 0.335 e. The molecule has 166 valence electrons. The molecule has 4 rings (SSSR count). The number of aliphatic hydroxyl groups excluding tert-OH is 1. The number of sulfonamides is 1. The largest absolute Gasteiger partial charge is 0.478 e. The molecular weight excluding hydrogens is 428 g/mol. The number of anilines is 2. The Morgan fingerprint density at radius 1 is 1.00 bits per heavy atom. The first kappa shape index (κ1) is 21.9. The predicted molar refractivity (Wildman–Crippen MR) is 123 cm³/mol. The molecule has 4 N–H and O–H groups in total. The Morgan fingerprint density at radius 2 is 1.72 bits per heavy atom. The van der Waals surface area contributed by atoms with Crippen molar-refractivity contribution in [2.45, 2.75) is 37.3 Å². The fourth-order valence-corrected chi connectivity index (χ4v) is 4.89. The first-order valence-electron chi connectivity index (χ1n) is 10.2. The molecule has 7 nitrogen and oxygen atoms in total. The molecule has 0 unspecified atom stereocenters. The summed E-state index contributed by atoms with van der Waals surface area (Å²) >= 11 is 0. The highest BCUT2D eigenvalue weighted by atomic mass is 32.2. The number of hydrogen-bond acceptors (Lipinski definition) is 5. The molecule has 0 bridgehead atoms. The topological polar surface area (TPSA) is 116 Å². The first-order chi connectivity index (χ1) is 15.1. The Hall–Kier alpha value is -3.36. The van der Waals surface area contributed by atoms with Gasteiger partial charge in [-0.05, 0) is 73.0 Å². The number of aliphatic hydroxyl groups is 1. The third-order valence-electron chi connectivity index (χ3n) is 5.80. The number of hydrogen-bond donors (Lipinski definition) is 4. The molecule has 1 heterocycles. The van der Waals surface area contributed by atoms with Crippen molar-refractivity contribution in [1.29, 1.82) is 0 Å². The Kier molecular flexibility index (Phi) is 5.66. The summed E-state index contributed by atoms with van der Waals surface area (Å²) in [6.07, 6.45) is -0.541. The number of carboxylic acids is 1. The van der Waals surface area contributed by atoms with Gasteiger partial charge < -0.3 is 15.5 Å². The van der Waals surface area contributed by atoms with Crippen molar-refractivity contribution in [3.63, 3.8) is 0 Å². The van der Waals surface area contributed by atoms with E-state index in [1.807, 2.05) is 19.9 Å². The molecule has 32 heavy (non-hydrogen) atoms. The highest BCUT2D eigenvalue weighted by molar-refractivity contribution is 7.92. The molecule has 3 aromatic carbocycles. The fourth-order valence-electron chi connectivity index (χ4n) is 3.81. The lowest BCUT2D eigenvalue weighted by molar-refractivity contribution is 0.0696. The Balaban J connectivity index is 1.57. The van der Waals surface area contributed by atoms with Crippen molar-refractivity contribution in [1.82, 2.24) is 0 Å². The van der Waals surface area contributed by atoms with E-state index in [9.17, 15) is 18.3 Å². The van der Waals surface area contributed by atoms with Crippen LogP contribution in [0.15, 0.2) is 65.6 Å². The molecule has 0 aliphatic carbocycles. The minimum atomic E-state index is -3.82. The number of aromatic carboxylic acids is 1. The normalized spacial score (nSPS) is 17.8. The van der Waals surface area contributed by atoms with Crippen molar-refractivity contribution in [2.75, 3.05) is 10.0 Å². The van der Waals surface area contributed by atoms with E-state index in [2.05, 4.69) is 10.0 Å². The zero-order valence-corrected chi connectivity index (χ0v) is 18.5. The molecule has 0 saturated heterocycles. The number of fused-ring (bicyclic) bond motifs is 1. The zero-order chi connectivity index (χ0) is 23.0. The summed E-state index contributed by atoms with van der Waals surface area (Å²) in [4.78, 5) is 11.1. The third kappa shape index (κ3) is 4.32. The lowest BCUT2D eigenvalue weighted by Crippen LogP contribution is -2.22. The molecule has 3 aromatic rings. The van der Waals surface area contributed by atoms with Crippen LogP contribution in [0.25, 0.3) is 0 Å². The minimum absolute atomic E-state index is 0.0691. The number of nitrogens with one attached hydrogen (secondary N) is 2. The van der Waals surface area contributed by atoms with Crippen LogP contribution < -0.4 is 10.0 Å². The number of aryl methyl sites for hydroxylation is 2. The maximum atomic E-state index is 12.9. The molecule has 1 aliphatic heterocycles. The maximum absolute atomic E-state index is 12.9. The zero-order valence-electron chi connectivity index (χ0n) is 17.7. The van der Waals surface area contributed by atoms with Crippen molar-refractivity contribution >= 4 is 27.4 Å². The van der Waals surface area contributed by atoms with Crippen LogP contribution in [0.5, 0.6) is 0 Å². The second-order valence-corrected chi connectivity index (χ2v) is 9.71. The lowest BCUT2D eigenvalue weighted by Gasteiger charge is -2.31. The van der Waals surface area contributed by atoms with Gasteiger partial charge in [-0.25, -0.2) is 13.2 Å². The average Bonchev–Trinajstić information content (AvgIpc) is 2.76. The van der Waals surface area contributed by atoms with Crippen LogP contribution in [0.1, 0.15) is 51.2 Å². The van der Waals surface area contributed by atoms with Crippen LogP contribution >= 0.6 is 0 Å². The molecular formula is C24H24N2O5S. The van der Waals surface area contributed by atoms with Gasteiger partial charge in [0.2, 0.25) is 0 Å². The minimum Gasteiger partial charge on any atom is -0.478 e. The number of benzene rings is 3. The van der Waals surface area contributed by atoms with Gasteiger partial charge >= 0.3 is 5.97 Å². The van der Waals surface area contributed by atoms with Gasteiger partial charge in [0.05, 0.1) is 22.6 Å². The van der Waals surface area contributed by atoms with Crippen molar-refractivity contribution < 1.29 is 23.4 Å². The summed E-state index contributed by atoms with van der Waals surface area (Å²) in [6, 6.07) is 16.2. The summed E-state index contributed by atoms with van der Waals surface area (Å²) in [6.45, 7) is 3.87. The molecule has 8 heteroatoms. The van der Waals surface area contributed by atoms with Gasteiger partial charge in [0.25, 0.3) is 10.0 Å². The van der Waals surface area contributed by atoms with Gasteiger partial charge in [-0.15, -0.1) is 0 Å². The monoisotopic (exact) mass is 452 g/mol. The van der Waals surface area contributed by atoms with Gasteiger partial charge in [0.15, 0.2) is 0 Å². The van der Waals surface area contributed by atoms with Crippen molar-refractivity contribution in [3.8, 4) is 0 Å². The van der Waals surface area contributed by atoms with Crippen LogP contribution in [0.4, 0.5) is 11.4 Å². The van der Waals surface area contributed by atoms with E-state index >= 15 is 0 Å². The summed E-state index contributed by atoms with van der Waals surface area (Å²) in [5.74, 6) is -0.998. The predicted octanol–water partition coefficient (Wildman–Crippen LogP) is 4.39. The molecule has 0 aromatic heterocycles. The average molecular weight is 453 g/mol. The van der Waals surface area contributed by atoms with Gasteiger partial charge in [-0.3, -0.25) is 4.72 Å². The molecule has 0 saturated carbocycles. The highest BCUT2D eigenvalue weighted by Gasteiger charge is 2.28. The quantitative estimate of drug-likeness (QED) is 0.456. The first-order valence-corrected chi connectivity index (χ1v) is 11.6. The highest BCUT2D eigenvalue weighted by Crippen LogP contribution is 2.40. The summed E-state index contributed by atoms with van der Waals surface area (Å²) in [5.41, 5.74) is 4.71. The standard InChI is InChI=1S/C24H24N2O5S/c1-14-3-8-18(11-15(14)2)26-32(30,31)19-9-10-21-20(12-19)23(27)13-22(25-21)16-4-6-17(7-5-16)24(28)29/h3-12,22-23,25-27H,13H2,1-2H3,(H,28,29)/t22-,23+/m1/s1. The van der Waals surface area contributed by atoms with Crippen LogP contribution in [0.2, 0.25) is 0 Å². The van der Waals surface area contributed by atoms with Crippen molar-refractivity contribution in [3.05, 3.63) is 88.5 Å². The van der Waals surface area contributed by atoms with Crippen molar-refractivity contribution in [2.24, 2.45) is 0 Å². The van der Waals surface area contributed by atoms with Gasteiger partial charge in [0, 0.05) is 23.4 Å². The Morgan fingerprint density at radius 3 is 2.38 bits per heavy atom. The van der Waals surface area contributed by atoms with Gasteiger partial charge in [0.1, 0.15) is 0 Å². The second-order valence-electron chi connectivity index (χ2n) is 8.03. The molecule has 0 spiro atoms. The third-order valence-corrected chi connectivity index (χ3v) is 7.18. The Bertz CT molecular complexity index is 1290. The van der Waals surface area contributed by atoms with E-state index in [4.69, 9.17) is 5.11 Å². The summed E-state index contributed by atoms with van der Waals surface area (Å²) in [5, 5.41) is 23.1. The fraction of sp³-hybridized carbons (Fsp3) is 0.208. The van der Waals surface area contributed by atoms with Crippen LogP contribution in [0.3, 0.4) is 0 Å². The van der Waals surface area contributed by atoms with Crippen LogP contribution in [-0.2, 0) is 10.0 Å². The number of rotatable bonds is 5.